The van der Waals surface area contributed by atoms with Crippen LogP contribution in [0.1, 0.15) is 33.6 Å². The number of nitriles is 1. The van der Waals surface area contributed by atoms with Crippen molar-refractivity contribution in [1.82, 2.24) is 0 Å². The summed E-state index contributed by atoms with van der Waals surface area (Å²) in [6, 6.07) is 0. The molecule has 3 nitrogen and oxygen atoms in total. The molecule has 0 aliphatic carbocycles. The predicted molar refractivity (Wildman–Crippen MR) is 73.3 cm³/mol. The first-order chi connectivity index (χ1) is 8.58. The summed E-state index contributed by atoms with van der Waals surface area (Å²) in [6.07, 6.45) is 6.20. The molecule has 1 saturated heterocycles. The lowest BCUT2D eigenvalue weighted by Crippen LogP contribution is -2.23. The molecule has 0 radical (unpaired) electrons. The van der Waals surface area contributed by atoms with Crippen LogP contribution in [0.3, 0.4) is 0 Å². The second-order valence-corrected chi connectivity index (χ2v) is 5.17. The molecule has 0 saturated carbocycles. The summed E-state index contributed by atoms with van der Waals surface area (Å²) < 4.78 is 4.98. The van der Waals surface area contributed by atoms with Gasteiger partial charge in [-0.15, -0.1) is 0 Å². The van der Waals surface area contributed by atoms with E-state index in [2.05, 4.69) is 12.9 Å². The molecular weight excluding hydrogens is 225 g/mol. The van der Waals surface area contributed by atoms with Crippen molar-refractivity contribution in [2.75, 3.05) is 6.61 Å². The van der Waals surface area contributed by atoms with Gasteiger partial charge in [0, 0.05) is 11.5 Å². The summed E-state index contributed by atoms with van der Waals surface area (Å²) in [5.74, 6) is 3.12. The Balaban J connectivity index is 2.50. The molecule has 0 aromatic heterocycles. The number of allylic oxidation sites excluding steroid dienone is 1. The number of carbonyl (C=O) groups excluding carboxylic acids is 1. The second kappa shape index (κ2) is 7.26. The molecule has 1 fully saturated rings. The van der Waals surface area contributed by atoms with Crippen molar-refractivity contribution >= 4 is 12.7 Å². The van der Waals surface area contributed by atoms with Crippen molar-refractivity contribution in [2.45, 2.75) is 46.3 Å². The standard InChI is InChI=1S/C14H22BNO2/c1-4-18-14(17)12(3)9-11(2)13-5-7-15(10-16)8-6-13/h9,11,13H,4-8H2,1-3H3/b12-9+. The Hall–Kier alpha value is -1.24. The van der Waals surface area contributed by atoms with Gasteiger partial charge in [0.05, 0.1) is 6.61 Å². The van der Waals surface area contributed by atoms with Crippen LogP contribution in [0.15, 0.2) is 11.6 Å². The molecule has 1 rings (SSSR count). The van der Waals surface area contributed by atoms with Crippen molar-refractivity contribution in [3.63, 3.8) is 0 Å². The Bertz CT molecular complexity index is 351. The largest absolute Gasteiger partial charge is 0.463 e. The van der Waals surface area contributed by atoms with Gasteiger partial charge in [-0.2, -0.15) is 0 Å². The zero-order valence-electron chi connectivity index (χ0n) is 11.6. The molecule has 1 heterocycles. The van der Waals surface area contributed by atoms with Crippen molar-refractivity contribution in [3.8, 4) is 5.97 Å². The molecule has 1 aliphatic heterocycles. The molecule has 1 unspecified atom stereocenters. The van der Waals surface area contributed by atoms with E-state index in [0.717, 1.165) is 25.5 Å². The Kier molecular flexibility index (Phi) is 5.98. The van der Waals surface area contributed by atoms with Crippen LogP contribution < -0.4 is 0 Å². The van der Waals surface area contributed by atoms with Crippen LogP contribution in [0.4, 0.5) is 0 Å². The van der Waals surface area contributed by atoms with E-state index in [9.17, 15) is 4.79 Å². The molecule has 18 heavy (non-hydrogen) atoms. The van der Waals surface area contributed by atoms with Gasteiger partial charge in [-0.25, -0.2) is 10.1 Å². The Morgan fingerprint density at radius 1 is 1.56 bits per heavy atom. The van der Waals surface area contributed by atoms with Gasteiger partial charge in [-0.3, -0.25) is 0 Å². The highest BCUT2D eigenvalue weighted by Crippen LogP contribution is 2.31. The monoisotopic (exact) mass is 247 g/mol. The lowest BCUT2D eigenvalue weighted by Gasteiger charge is -2.27. The Labute approximate surface area is 110 Å². The Morgan fingerprint density at radius 3 is 2.67 bits per heavy atom. The lowest BCUT2D eigenvalue weighted by atomic mass is 9.41. The number of nitrogens with zero attached hydrogens (tertiary/aromatic N) is 1. The van der Waals surface area contributed by atoms with Crippen molar-refractivity contribution in [2.24, 2.45) is 11.8 Å². The van der Waals surface area contributed by atoms with Crippen molar-refractivity contribution in [1.29, 1.82) is 5.26 Å². The van der Waals surface area contributed by atoms with Crippen LogP contribution in [0.2, 0.25) is 12.6 Å². The second-order valence-electron chi connectivity index (χ2n) is 5.17. The van der Waals surface area contributed by atoms with E-state index in [4.69, 9.17) is 10.00 Å². The minimum Gasteiger partial charge on any atom is -0.463 e. The molecule has 1 atom stereocenters. The Morgan fingerprint density at radius 2 is 2.17 bits per heavy atom. The van der Waals surface area contributed by atoms with E-state index >= 15 is 0 Å². The maximum atomic E-state index is 11.5. The van der Waals surface area contributed by atoms with E-state index in [1.807, 2.05) is 19.9 Å². The summed E-state index contributed by atoms with van der Waals surface area (Å²) in [5.41, 5.74) is 0.701. The normalized spacial score (nSPS) is 19.2. The molecule has 0 N–H and O–H groups in total. The zero-order chi connectivity index (χ0) is 13.5. The summed E-state index contributed by atoms with van der Waals surface area (Å²) in [5, 5.41) is 8.87. The van der Waals surface area contributed by atoms with E-state index < -0.39 is 0 Å². The van der Waals surface area contributed by atoms with Crippen LogP contribution in [0.5, 0.6) is 0 Å². The third-order valence-electron chi connectivity index (χ3n) is 3.81. The highest BCUT2D eigenvalue weighted by molar-refractivity contribution is 6.67. The van der Waals surface area contributed by atoms with E-state index in [1.54, 1.807) is 0 Å². The number of hydrogen-bond donors (Lipinski definition) is 0. The van der Waals surface area contributed by atoms with Gasteiger partial charge in [0.2, 0.25) is 0 Å². The first-order valence-corrected chi connectivity index (χ1v) is 6.83. The van der Waals surface area contributed by atoms with Gasteiger partial charge in [-0.1, -0.05) is 38.5 Å². The van der Waals surface area contributed by atoms with Gasteiger partial charge in [0.1, 0.15) is 0 Å². The highest BCUT2D eigenvalue weighted by Gasteiger charge is 2.27. The third-order valence-corrected chi connectivity index (χ3v) is 3.81. The molecule has 1 aliphatic rings. The quantitative estimate of drug-likeness (QED) is 0.435. The lowest BCUT2D eigenvalue weighted by molar-refractivity contribution is -0.138. The van der Waals surface area contributed by atoms with Crippen LogP contribution in [0, 0.1) is 23.1 Å². The SMILES string of the molecule is CCOC(=O)/C(C)=C/C(C)C1CCB(C#N)CC1. The summed E-state index contributed by atoms with van der Waals surface area (Å²) in [4.78, 5) is 11.5. The summed E-state index contributed by atoms with van der Waals surface area (Å²) in [6.45, 7) is 6.45. The van der Waals surface area contributed by atoms with Crippen LogP contribution in [0.25, 0.3) is 0 Å². The van der Waals surface area contributed by atoms with Crippen molar-refractivity contribution in [3.05, 3.63) is 11.6 Å². The molecule has 4 heteroatoms. The van der Waals surface area contributed by atoms with Crippen LogP contribution in [-0.2, 0) is 9.53 Å². The molecular formula is C14H22BNO2. The van der Waals surface area contributed by atoms with E-state index in [1.165, 1.54) is 0 Å². The minimum atomic E-state index is -0.213. The number of ether oxygens (including phenoxy) is 1. The molecule has 98 valence electrons. The predicted octanol–water partition coefficient (Wildman–Crippen LogP) is 3.10. The first kappa shape index (κ1) is 14.8. The third kappa shape index (κ3) is 4.21. The number of hydrogen-bond acceptors (Lipinski definition) is 3. The van der Waals surface area contributed by atoms with Gasteiger partial charge in [-0.05, 0) is 25.7 Å². The van der Waals surface area contributed by atoms with Crippen LogP contribution >= 0.6 is 0 Å². The molecule has 0 aromatic carbocycles. The highest BCUT2D eigenvalue weighted by atomic mass is 16.5. The average Bonchev–Trinajstić information content (AvgIpc) is 2.39. The summed E-state index contributed by atoms with van der Waals surface area (Å²) >= 11 is 0. The minimum absolute atomic E-state index is 0.213. The van der Waals surface area contributed by atoms with Gasteiger partial charge in [0.25, 0.3) is 6.71 Å². The number of carbonyl (C=O) groups is 1. The maximum absolute atomic E-state index is 11.5. The molecule has 0 spiro atoms. The topological polar surface area (TPSA) is 50.1 Å². The van der Waals surface area contributed by atoms with Gasteiger partial charge in [0.15, 0.2) is 0 Å². The fraction of sp³-hybridized carbons (Fsp3) is 0.714. The van der Waals surface area contributed by atoms with Crippen molar-refractivity contribution < 1.29 is 9.53 Å². The average molecular weight is 247 g/mol. The van der Waals surface area contributed by atoms with Crippen LogP contribution in [-0.4, -0.2) is 19.3 Å². The summed E-state index contributed by atoms with van der Waals surface area (Å²) in [7, 11) is 0. The molecule has 0 aromatic rings. The first-order valence-electron chi connectivity index (χ1n) is 6.83. The smallest absolute Gasteiger partial charge is 0.333 e. The van der Waals surface area contributed by atoms with E-state index in [-0.39, 0.29) is 12.7 Å². The number of rotatable bonds is 4. The molecule has 0 amide bonds. The zero-order valence-corrected chi connectivity index (χ0v) is 11.6. The van der Waals surface area contributed by atoms with Gasteiger partial charge >= 0.3 is 5.97 Å². The fourth-order valence-electron chi connectivity index (χ4n) is 2.62. The maximum Gasteiger partial charge on any atom is 0.333 e. The van der Waals surface area contributed by atoms with E-state index in [0.29, 0.717) is 24.0 Å². The molecule has 0 bridgehead atoms. The number of esters is 1. The van der Waals surface area contributed by atoms with Gasteiger partial charge < -0.3 is 4.74 Å². The fourth-order valence-corrected chi connectivity index (χ4v) is 2.62.